The van der Waals surface area contributed by atoms with Crippen LogP contribution in [-0.2, 0) is 6.42 Å². The van der Waals surface area contributed by atoms with Gasteiger partial charge in [0.1, 0.15) is 11.3 Å². The van der Waals surface area contributed by atoms with Gasteiger partial charge in [0.15, 0.2) is 17.2 Å². The molecule has 0 spiro atoms. The topological polar surface area (TPSA) is 74.6 Å². The first-order chi connectivity index (χ1) is 13.0. The number of carbonyl (C=O) groups excluding carboxylic acids is 1. The highest BCUT2D eigenvalue weighted by molar-refractivity contribution is 8.13. The number of benzene rings is 2. The number of thioether (sulfide) groups is 1. The van der Waals surface area contributed by atoms with Gasteiger partial charge >= 0.3 is 0 Å². The minimum absolute atomic E-state index is 0.136. The molecular formula is C20H18FN3O2S. The lowest BCUT2D eigenvalue weighted by atomic mass is 10.0. The number of nitrogens with one attached hydrogen (secondary N) is 1. The molecule has 3 rings (SSSR count). The molecule has 0 aliphatic carbocycles. The van der Waals surface area contributed by atoms with Gasteiger partial charge < -0.3 is 10.4 Å². The van der Waals surface area contributed by atoms with Crippen molar-refractivity contribution >= 4 is 39.8 Å². The lowest BCUT2D eigenvalue weighted by Gasteiger charge is -2.10. The van der Waals surface area contributed by atoms with E-state index in [-0.39, 0.29) is 17.1 Å². The number of amidine groups is 1. The SMILES string of the molecule is CN/C(=N\c1cc(C=O)c(O)c2ncc(Cc3ccc(F)cc3)cc12)SC. The fraction of sp³-hybridized carbons (Fsp3) is 0.150. The zero-order valence-electron chi connectivity index (χ0n) is 14.9. The molecule has 2 aromatic carbocycles. The molecule has 0 amide bonds. The quantitative estimate of drug-likeness (QED) is 0.404. The molecule has 0 radical (unpaired) electrons. The number of aldehydes is 1. The summed E-state index contributed by atoms with van der Waals surface area (Å²) in [5.41, 5.74) is 2.82. The maximum atomic E-state index is 13.1. The number of pyridine rings is 1. The molecule has 7 heteroatoms. The van der Waals surface area contributed by atoms with Crippen LogP contribution in [0.25, 0.3) is 10.9 Å². The number of nitrogens with zero attached hydrogens (tertiary/aromatic N) is 2. The number of hydrogen-bond acceptors (Lipinski definition) is 5. The van der Waals surface area contributed by atoms with Gasteiger partial charge in [-0.15, -0.1) is 0 Å². The first kappa shape index (κ1) is 18.8. The molecule has 1 aromatic heterocycles. The fourth-order valence-electron chi connectivity index (χ4n) is 2.75. The van der Waals surface area contributed by atoms with E-state index in [1.54, 1.807) is 31.4 Å². The first-order valence-electron chi connectivity index (χ1n) is 8.20. The zero-order chi connectivity index (χ0) is 19.4. The van der Waals surface area contributed by atoms with Gasteiger partial charge in [0.2, 0.25) is 0 Å². The van der Waals surface area contributed by atoms with Crippen LogP contribution in [-0.4, -0.2) is 34.8 Å². The number of aromatic hydroxyl groups is 1. The number of fused-ring (bicyclic) bond motifs is 1. The molecule has 0 aliphatic rings. The van der Waals surface area contributed by atoms with Crippen molar-refractivity contribution in [2.24, 2.45) is 4.99 Å². The smallest absolute Gasteiger partial charge is 0.161 e. The number of phenols is 1. The van der Waals surface area contributed by atoms with Crippen molar-refractivity contribution in [3.05, 3.63) is 65.1 Å². The van der Waals surface area contributed by atoms with Gasteiger partial charge in [0.25, 0.3) is 0 Å². The Balaban J connectivity index is 2.13. The van der Waals surface area contributed by atoms with E-state index in [1.165, 1.54) is 23.9 Å². The largest absolute Gasteiger partial charge is 0.505 e. The molecule has 0 saturated carbocycles. The van der Waals surface area contributed by atoms with Crippen LogP contribution in [0, 0.1) is 5.82 Å². The summed E-state index contributed by atoms with van der Waals surface area (Å²) in [7, 11) is 1.76. The van der Waals surface area contributed by atoms with Crippen molar-refractivity contribution in [3.63, 3.8) is 0 Å². The van der Waals surface area contributed by atoms with Gasteiger partial charge in [-0.05, 0) is 48.1 Å². The molecule has 0 atom stereocenters. The summed E-state index contributed by atoms with van der Waals surface area (Å²) in [4.78, 5) is 20.2. The summed E-state index contributed by atoms with van der Waals surface area (Å²) in [5.74, 6) is -0.447. The number of rotatable bonds is 4. The first-order valence-corrected chi connectivity index (χ1v) is 9.42. The standard InChI is InChI=1S/C20H18FN3O2S/c1-22-20(27-2)24-17-9-14(11-25)19(26)18-16(17)8-13(10-23-18)7-12-3-5-15(21)6-4-12/h3-6,8-11,26H,7H2,1-2H3,(H,22,24). The van der Waals surface area contributed by atoms with Crippen molar-refractivity contribution in [2.75, 3.05) is 13.3 Å². The van der Waals surface area contributed by atoms with E-state index in [0.29, 0.717) is 34.5 Å². The average Bonchev–Trinajstić information content (AvgIpc) is 2.69. The Morgan fingerprint density at radius 2 is 2.04 bits per heavy atom. The maximum absolute atomic E-state index is 13.1. The van der Waals surface area contributed by atoms with E-state index in [2.05, 4.69) is 15.3 Å². The second-order valence-electron chi connectivity index (χ2n) is 5.87. The van der Waals surface area contributed by atoms with E-state index in [1.807, 2.05) is 12.3 Å². The third-order valence-electron chi connectivity index (χ3n) is 4.09. The number of aromatic nitrogens is 1. The Labute approximate surface area is 160 Å². The maximum Gasteiger partial charge on any atom is 0.161 e. The number of phenolic OH excluding ortho intramolecular Hbond substituents is 1. The summed E-state index contributed by atoms with van der Waals surface area (Å²) >= 11 is 1.43. The average molecular weight is 383 g/mol. The molecule has 0 aliphatic heterocycles. The van der Waals surface area contributed by atoms with Crippen molar-refractivity contribution in [3.8, 4) is 5.75 Å². The van der Waals surface area contributed by atoms with Gasteiger partial charge in [-0.25, -0.2) is 9.38 Å². The molecule has 2 N–H and O–H groups in total. The van der Waals surface area contributed by atoms with E-state index in [4.69, 9.17) is 0 Å². The summed E-state index contributed by atoms with van der Waals surface area (Å²) in [6.07, 6.45) is 4.67. The molecule has 0 saturated heterocycles. The fourth-order valence-corrected chi connectivity index (χ4v) is 3.15. The lowest BCUT2D eigenvalue weighted by Crippen LogP contribution is -2.13. The number of carbonyl (C=O) groups is 1. The van der Waals surface area contributed by atoms with Crippen molar-refractivity contribution < 1.29 is 14.3 Å². The van der Waals surface area contributed by atoms with Crippen molar-refractivity contribution in [2.45, 2.75) is 6.42 Å². The Kier molecular flexibility index (Phi) is 5.71. The minimum atomic E-state index is -0.282. The van der Waals surface area contributed by atoms with Crippen molar-refractivity contribution in [1.29, 1.82) is 0 Å². The molecule has 0 unspecified atom stereocenters. The summed E-state index contributed by atoms with van der Waals surface area (Å²) in [6, 6.07) is 9.70. The normalized spacial score (nSPS) is 11.6. The molecular weight excluding hydrogens is 365 g/mol. The monoisotopic (exact) mass is 383 g/mol. The predicted octanol–water partition coefficient (Wildman–Crippen LogP) is 4.05. The van der Waals surface area contributed by atoms with Crippen LogP contribution < -0.4 is 5.32 Å². The molecule has 5 nitrogen and oxygen atoms in total. The molecule has 1 heterocycles. The molecule has 3 aromatic rings. The Morgan fingerprint density at radius 3 is 2.67 bits per heavy atom. The van der Waals surface area contributed by atoms with Crippen LogP contribution >= 0.6 is 11.8 Å². The highest BCUT2D eigenvalue weighted by atomic mass is 32.2. The Morgan fingerprint density at radius 1 is 1.30 bits per heavy atom. The van der Waals surface area contributed by atoms with E-state index in [9.17, 15) is 14.3 Å². The zero-order valence-corrected chi connectivity index (χ0v) is 15.7. The Bertz CT molecular complexity index is 1010. The molecule has 0 fully saturated rings. The Hall–Kier alpha value is -2.93. The lowest BCUT2D eigenvalue weighted by molar-refractivity contribution is 0.112. The van der Waals surface area contributed by atoms with Crippen LogP contribution in [0.2, 0.25) is 0 Å². The van der Waals surface area contributed by atoms with Gasteiger partial charge in [-0.1, -0.05) is 23.9 Å². The van der Waals surface area contributed by atoms with Crippen LogP contribution in [0.1, 0.15) is 21.5 Å². The number of aliphatic imine (C=N–C) groups is 1. The predicted molar refractivity (Wildman–Crippen MR) is 108 cm³/mol. The highest BCUT2D eigenvalue weighted by Crippen LogP contribution is 2.35. The number of halogens is 1. The summed E-state index contributed by atoms with van der Waals surface area (Å²) in [6.45, 7) is 0. The van der Waals surface area contributed by atoms with Crippen LogP contribution in [0.15, 0.2) is 47.6 Å². The second kappa shape index (κ2) is 8.18. The highest BCUT2D eigenvalue weighted by Gasteiger charge is 2.14. The number of hydrogen-bond donors (Lipinski definition) is 2. The van der Waals surface area contributed by atoms with E-state index >= 15 is 0 Å². The van der Waals surface area contributed by atoms with E-state index in [0.717, 1.165) is 11.1 Å². The van der Waals surface area contributed by atoms with E-state index < -0.39 is 0 Å². The molecule has 138 valence electrons. The van der Waals surface area contributed by atoms with Gasteiger partial charge in [-0.2, -0.15) is 0 Å². The van der Waals surface area contributed by atoms with Crippen LogP contribution in [0.3, 0.4) is 0 Å². The third kappa shape index (κ3) is 4.09. The molecule has 0 bridgehead atoms. The molecule has 27 heavy (non-hydrogen) atoms. The van der Waals surface area contributed by atoms with Crippen LogP contribution in [0.5, 0.6) is 5.75 Å². The van der Waals surface area contributed by atoms with Gasteiger partial charge in [0.05, 0.1) is 11.3 Å². The third-order valence-corrected chi connectivity index (χ3v) is 4.77. The summed E-state index contributed by atoms with van der Waals surface area (Å²) < 4.78 is 13.1. The van der Waals surface area contributed by atoms with Crippen LogP contribution in [0.4, 0.5) is 10.1 Å². The van der Waals surface area contributed by atoms with Gasteiger partial charge in [-0.3, -0.25) is 9.78 Å². The summed E-state index contributed by atoms with van der Waals surface area (Å²) in [5, 5.41) is 14.6. The van der Waals surface area contributed by atoms with Gasteiger partial charge in [0, 0.05) is 18.6 Å². The van der Waals surface area contributed by atoms with Crippen molar-refractivity contribution in [1.82, 2.24) is 10.3 Å². The second-order valence-corrected chi connectivity index (χ2v) is 6.66. The minimum Gasteiger partial charge on any atom is -0.505 e.